The van der Waals surface area contributed by atoms with Crippen molar-refractivity contribution in [1.82, 2.24) is 15.6 Å². The fourth-order valence-corrected chi connectivity index (χ4v) is 3.67. The molecule has 4 rings (SSSR count). The van der Waals surface area contributed by atoms with E-state index in [9.17, 15) is 10.1 Å². The molecular formula is C20H23N5O2. The number of morpholine rings is 1. The fourth-order valence-electron chi connectivity index (χ4n) is 3.67. The van der Waals surface area contributed by atoms with E-state index in [2.05, 4.69) is 26.6 Å². The summed E-state index contributed by atoms with van der Waals surface area (Å²) in [6, 6.07) is 9.77. The minimum absolute atomic E-state index is 0.0606. The van der Waals surface area contributed by atoms with Gasteiger partial charge >= 0.3 is 0 Å². The number of nitriles is 1. The van der Waals surface area contributed by atoms with Crippen LogP contribution >= 0.6 is 0 Å². The molecule has 0 aliphatic carbocycles. The number of nitrogens with zero attached hydrogens (tertiary/aromatic N) is 3. The predicted octanol–water partition coefficient (Wildman–Crippen LogP) is 1.04. The van der Waals surface area contributed by atoms with Crippen molar-refractivity contribution in [1.29, 1.82) is 5.26 Å². The van der Waals surface area contributed by atoms with Gasteiger partial charge in [0, 0.05) is 49.4 Å². The van der Waals surface area contributed by atoms with Crippen LogP contribution < -0.4 is 15.5 Å². The van der Waals surface area contributed by atoms with Gasteiger partial charge in [0.25, 0.3) is 5.91 Å². The lowest BCUT2D eigenvalue weighted by Crippen LogP contribution is -2.55. The summed E-state index contributed by atoms with van der Waals surface area (Å²) >= 11 is 0. The number of carbonyl (C=O) groups is 1. The lowest BCUT2D eigenvalue weighted by Gasteiger charge is -2.38. The Morgan fingerprint density at radius 1 is 1.41 bits per heavy atom. The number of carbonyl (C=O) groups excluding carboxylic acids is 1. The Morgan fingerprint density at radius 2 is 2.26 bits per heavy atom. The van der Waals surface area contributed by atoms with Gasteiger partial charge in [-0.15, -0.1) is 0 Å². The van der Waals surface area contributed by atoms with Gasteiger partial charge in [0.1, 0.15) is 6.07 Å². The van der Waals surface area contributed by atoms with Gasteiger partial charge in [0.2, 0.25) is 0 Å². The molecule has 2 atom stereocenters. The first-order valence-corrected chi connectivity index (χ1v) is 9.32. The molecule has 0 saturated carbocycles. The van der Waals surface area contributed by atoms with Crippen LogP contribution in [0.3, 0.4) is 0 Å². The zero-order valence-electron chi connectivity index (χ0n) is 15.3. The van der Waals surface area contributed by atoms with E-state index in [1.807, 2.05) is 25.1 Å². The van der Waals surface area contributed by atoms with Crippen molar-refractivity contribution >= 4 is 22.5 Å². The second-order valence-corrected chi connectivity index (χ2v) is 7.25. The number of anilines is 1. The maximum atomic E-state index is 12.6. The molecule has 0 unspecified atom stereocenters. The van der Waals surface area contributed by atoms with E-state index in [4.69, 9.17) is 4.74 Å². The summed E-state index contributed by atoms with van der Waals surface area (Å²) in [6.45, 7) is 5.74. The molecule has 1 aromatic carbocycles. The van der Waals surface area contributed by atoms with Gasteiger partial charge in [-0.2, -0.15) is 5.26 Å². The van der Waals surface area contributed by atoms with Gasteiger partial charge in [-0.05, 0) is 31.2 Å². The van der Waals surface area contributed by atoms with Crippen LogP contribution in [0.1, 0.15) is 12.5 Å². The van der Waals surface area contributed by atoms with Crippen LogP contribution in [0.2, 0.25) is 0 Å². The third-order valence-corrected chi connectivity index (χ3v) is 5.19. The zero-order valence-corrected chi connectivity index (χ0v) is 15.3. The minimum atomic E-state index is -0.510. The van der Waals surface area contributed by atoms with Crippen LogP contribution in [0.15, 0.2) is 30.5 Å². The summed E-state index contributed by atoms with van der Waals surface area (Å²) in [6.07, 6.45) is 1.12. The van der Waals surface area contributed by atoms with Gasteiger partial charge in [0.15, 0.2) is 6.10 Å². The second-order valence-electron chi connectivity index (χ2n) is 7.25. The van der Waals surface area contributed by atoms with Crippen LogP contribution in [0.25, 0.3) is 10.9 Å². The molecule has 1 aromatic heterocycles. The van der Waals surface area contributed by atoms with Crippen molar-refractivity contribution in [2.45, 2.75) is 19.1 Å². The van der Waals surface area contributed by atoms with E-state index < -0.39 is 6.10 Å². The average Bonchev–Trinajstić information content (AvgIpc) is 2.65. The number of ether oxygens (including phenoxy) is 1. The van der Waals surface area contributed by atoms with E-state index in [1.165, 1.54) is 0 Å². The van der Waals surface area contributed by atoms with E-state index >= 15 is 0 Å². The van der Waals surface area contributed by atoms with Crippen molar-refractivity contribution in [3.63, 3.8) is 0 Å². The first kappa shape index (κ1) is 17.7. The van der Waals surface area contributed by atoms with Gasteiger partial charge < -0.3 is 20.3 Å². The van der Waals surface area contributed by atoms with Crippen molar-refractivity contribution < 1.29 is 9.53 Å². The summed E-state index contributed by atoms with van der Waals surface area (Å²) in [5, 5.41) is 16.5. The number of hydrogen-bond acceptors (Lipinski definition) is 6. The average molecular weight is 365 g/mol. The minimum Gasteiger partial charge on any atom is -0.365 e. The quantitative estimate of drug-likeness (QED) is 0.841. The summed E-state index contributed by atoms with van der Waals surface area (Å²) in [4.78, 5) is 19.1. The normalized spacial score (nSPS) is 22.9. The number of rotatable bonds is 4. The van der Waals surface area contributed by atoms with Crippen LogP contribution in [0, 0.1) is 17.2 Å². The number of pyridine rings is 1. The molecule has 2 saturated heterocycles. The van der Waals surface area contributed by atoms with E-state index in [0.29, 0.717) is 36.6 Å². The number of nitrogens with one attached hydrogen (secondary N) is 2. The molecule has 27 heavy (non-hydrogen) atoms. The maximum absolute atomic E-state index is 12.6. The van der Waals surface area contributed by atoms with Crippen molar-refractivity contribution in [3.05, 3.63) is 36.0 Å². The number of amides is 1. The van der Waals surface area contributed by atoms with Crippen molar-refractivity contribution in [3.8, 4) is 6.07 Å². The number of hydrogen-bond donors (Lipinski definition) is 2. The Kier molecular flexibility index (Phi) is 4.92. The van der Waals surface area contributed by atoms with Crippen LogP contribution in [-0.4, -0.2) is 55.8 Å². The van der Waals surface area contributed by atoms with Gasteiger partial charge in [-0.3, -0.25) is 9.78 Å². The lowest BCUT2D eigenvalue weighted by molar-refractivity contribution is -0.137. The van der Waals surface area contributed by atoms with E-state index in [-0.39, 0.29) is 12.0 Å². The summed E-state index contributed by atoms with van der Waals surface area (Å²) in [5.74, 6) is 0.453. The SMILES string of the molecule is C[C@@H]1CN(c2ccc(C#N)c3ncccc23)C[C@H](C(=O)NCC2CNC2)O1. The largest absolute Gasteiger partial charge is 0.365 e. The van der Waals surface area contributed by atoms with E-state index in [0.717, 1.165) is 24.2 Å². The lowest BCUT2D eigenvalue weighted by atomic mass is 10.0. The van der Waals surface area contributed by atoms with Crippen LogP contribution in [0.4, 0.5) is 5.69 Å². The molecule has 2 aromatic rings. The first-order valence-electron chi connectivity index (χ1n) is 9.32. The Bertz CT molecular complexity index is 890. The summed E-state index contributed by atoms with van der Waals surface area (Å²) in [5.41, 5.74) is 2.22. The molecule has 1 amide bonds. The molecule has 2 aliphatic heterocycles. The molecule has 3 heterocycles. The molecular weight excluding hydrogens is 342 g/mol. The molecule has 2 fully saturated rings. The highest BCUT2D eigenvalue weighted by Crippen LogP contribution is 2.30. The standard InChI is InChI=1S/C20H23N5O2/c1-13-11-25(12-18(27-13)20(26)24-10-14-8-22-9-14)17-5-4-15(7-21)19-16(17)3-2-6-23-19/h2-6,13-14,18,22H,8-12H2,1H3,(H,24,26)/t13-,18-/m1/s1. The highest BCUT2D eigenvalue weighted by atomic mass is 16.5. The first-order chi connectivity index (χ1) is 13.2. The molecule has 2 N–H and O–H groups in total. The molecule has 140 valence electrons. The third-order valence-electron chi connectivity index (χ3n) is 5.19. The Hall–Kier alpha value is -2.69. The number of aromatic nitrogens is 1. The Labute approximate surface area is 158 Å². The summed E-state index contributed by atoms with van der Waals surface area (Å²) in [7, 11) is 0. The highest BCUT2D eigenvalue weighted by Gasteiger charge is 2.32. The second kappa shape index (κ2) is 7.51. The van der Waals surface area contributed by atoms with Gasteiger partial charge in [-0.1, -0.05) is 0 Å². The zero-order chi connectivity index (χ0) is 18.8. The Balaban J connectivity index is 1.55. The number of benzene rings is 1. The molecule has 0 radical (unpaired) electrons. The third kappa shape index (κ3) is 3.59. The molecule has 0 spiro atoms. The topological polar surface area (TPSA) is 90.3 Å². The summed E-state index contributed by atoms with van der Waals surface area (Å²) < 4.78 is 5.90. The number of fused-ring (bicyclic) bond motifs is 1. The monoisotopic (exact) mass is 365 g/mol. The van der Waals surface area contributed by atoms with Gasteiger partial charge in [-0.25, -0.2) is 0 Å². The molecule has 2 aliphatic rings. The smallest absolute Gasteiger partial charge is 0.251 e. The highest BCUT2D eigenvalue weighted by molar-refractivity contribution is 5.95. The van der Waals surface area contributed by atoms with Gasteiger partial charge in [0.05, 0.1) is 23.7 Å². The van der Waals surface area contributed by atoms with Crippen molar-refractivity contribution in [2.24, 2.45) is 5.92 Å². The van der Waals surface area contributed by atoms with Crippen LogP contribution in [-0.2, 0) is 9.53 Å². The predicted molar refractivity (Wildman–Crippen MR) is 102 cm³/mol. The fraction of sp³-hybridized carbons (Fsp3) is 0.450. The molecule has 7 heteroatoms. The Morgan fingerprint density at radius 3 is 3.00 bits per heavy atom. The maximum Gasteiger partial charge on any atom is 0.251 e. The van der Waals surface area contributed by atoms with Crippen molar-refractivity contribution in [2.75, 3.05) is 37.6 Å². The molecule has 7 nitrogen and oxygen atoms in total. The molecule has 0 bridgehead atoms. The van der Waals surface area contributed by atoms with Crippen LogP contribution in [0.5, 0.6) is 0 Å². The van der Waals surface area contributed by atoms with E-state index in [1.54, 1.807) is 12.3 Å².